The number of rotatable bonds is 32. The van der Waals surface area contributed by atoms with E-state index in [4.69, 9.17) is 28.7 Å². The molecule has 0 aromatic heterocycles. The van der Waals surface area contributed by atoms with E-state index < -0.39 is 132 Å². The fourth-order valence-electron chi connectivity index (χ4n) is 7.01. The summed E-state index contributed by atoms with van der Waals surface area (Å²) in [7, 11) is 0. The van der Waals surface area contributed by atoms with E-state index in [2.05, 4.69) is 41.9 Å². The normalized spacial score (nSPS) is 17.9. The van der Waals surface area contributed by atoms with E-state index in [1.54, 1.807) is 6.92 Å². The van der Waals surface area contributed by atoms with Gasteiger partial charge in [-0.2, -0.15) is 0 Å². The van der Waals surface area contributed by atoms with E-state index in [0.717, 1.165) is 13.8 Å². The lowest BCUT2D eigenvalue weighted by Crippen LogP contribution is -2.64. The number of carboxylic acid groups (broad SMARTS) is 1. The van der Waals surface area contributed by atoms with Gasteiger partial charge in [-0.1, -0.05) is 41.5 Å². The van der Waals surface area contributed by atoms with Crippen LogP contribution in [0.1, 0.15) is 94.4 Å². The molecule has 27 nitrogen and oxygen atoms in total. The molecule has 15 atom stereocenters. The number of amides is 7. The summed E-state index contributed by atoms with van der Waals surface area (Å²) in [5.74, 6) is -12.8. The number of carbonyl (C=O) groups excluding carboxylic acids is 7. The molecule has 0 aliphatic heterocycles. The Bertz CT molecular complexity index is 1780. The van der Waals surface area contributed by atoms with Crippen LogP contribution in [0.15, 0.2) is 9.98 Å². The Morgan fingerprint density at radius 1 is 0.507 bits per heavy atom. The summed E-state index contributed by atoms with van der Waals surface area (Å²) in [6.07, 6.45) is -8.50. The van der Waals surface area contributed by atoms with Crippen molar-refractivity contribution >= 4 is 59.2 Å². The summed E-state index contributed by atoms with van der Waals surface area (Å²) in [6.45, 7) is 13.3. The van der Waals surface area contributed by atoms with Gasteiger partial charge in [-0.15, -0.1) is 0 Å². The van der Waals surface area contributed by atoms with Crippen molar-refractivity contribution in [3.05, 3.63) is 0 Å². The minimum Gasteiger partial charge on any atom is -0.480 e. The number of nitrogens with two attached hydrogens (primary N) is 5. The molecule has 0 radical (unpaired) electrons. The molecule has 0 aromatic carbocycles. The molecule has 0 aliphatic carbocycles. The second kappa shape index (κ2) is 30.6. The standard InChI is InChI=1S/C42H79N13O14/c1-17(2)16-18(3)30(58)21(6)34(62)50-22(7)35(63)51-25(12-10-14-48-41(44)45)31(59)32(60)39(67)53-27(19(4)20(5)33(43)61)36(64)54-29(24(9)57)38(66)55-28(23(8)56)37(65)52-26(40(68)69)13-11-15-49-42(46)47/h17-32,56-60H,10-16H2,1-9H3,(H2,43,61)(H,50,62)(H,51,63)(H,52,65)(H,53,67)(H,54,64)(H,55,66)(H,68,69)(H4,44,45,48)(H4,46,47,49)/t18-,19+,20-,21-,22-,23-,24-,25+,26-,27+,28-,29-,30-,31-,32-/m1/s1. The SMILES string of the molecule is CC(C)C[C@@H](C)[C@@H](O)[C@@H](C)C(=O)N[C@H](C)C(=O)N[C@@H](CCCN=C(N)N)[C@@H](O)[C@@H](O)C(=O)N[C@H](C(=O)N[C@@H](C(=O)N[C@@H](C(=O)N[C@H](CCCN=C(N)N)C(=O)O)[C@@H](C)O)[C@@H](C)O)[C@@H](C)[C@@H](C)C(N)=O. The molecule has 0 heterocycles. The Hall–Kier alpha value is -5.90. The molecule has 0 aliphatic rings. The average Bonchev–Trinajstić information content (AvgIpc) is 3.25. The third-order valence-electron chi connectivity index (χ3n) is 11.4. The molecule has 0 bridgehead atoms. The lowest BCUT2D eigenvalue weighted by atomic mass is 9.87. The summed E-state index contributed by atoms with van der Waals surface area (Å²) in [5.41, 5.74) is 26.9. The molecule has 0 unspecified atom stereocenters. The maximum absolute atomic E-state index is 14.0. The number of carboxylic acids is 1. The largest absolute Gasteiger partial charge is 0.480 e. The molecule has 0 aromatic rings. The van der Waals surface area contributed by atoms with Gasteiger partial charge in [0.05, 0.1) is 30.3 Å². The van der Waals surface area contributed by atoms with Crippen LogP contribution in [-0.4, -0.2) is 170 Å². The van der Waals surface area contributed by atoms with Crippen LogP contribution in [0.25, 0.3) is 0 Å². The first-order chi connectivity index (χ1) is 31.8. The highest BCUT2D eigenvalue weighted by Crippen LogP contribution is 2.21. The number of hydrogen-bond donors (Lipinski definition) is 17. The number of aliphatic carboxylic acids is 1. The highest BCUT2D eigenvalue weighted by molar-refractivity contribution is 5.96. The van der Waals surface area contributed by atoms with Crippen LogP contribution in [0.3, 0.4) is 0 Å². The van der Waals surface area contributed by atoms with Gasteiger partial charge < -0.3 is 91.2 Å². The Kier molecular flexibility index (Phi) is 27.9. The fraction of sp³-hybridized carbons (Fsp3) is 0.762. The summed E-state index contributed by atoms with van der Waals surface area (Å²) >= 11 is 0. The van der Waals surface area contributed by atoms with Crippen LogP contribution in [0, 0.1) is 29.6 Å². The Morgan fingerprint density at radius 3 is 1.39 bits per heavy atom. The van der Waals surface area contributed by atoms with Crippen molar-refractivity contribution in [2.24, 2.45) is 68.2 Å². The van der Waals surface area contributed by atoms with Gasteiger partial charge >= 0.3 is 5.97 Å². The molecule has 396 valence electrons. The molecule has 0 saturated heterocycles. The second-order valence-corrected chi connectivity index (χ2v) is 18.0. The molecule has 0 spiro atoms. The summed E-state index contributed by atoms with van der Waals surface area (Å²) in [6, 6.07) is -9.86. The van der Waals surface area contributed by atoms with E-state index in [1.165, 1.54) is 27.7 Å². The maximum atomic E-state index is 14.0. The number of guanidine groups is 2. The maximum Gasteiger partial charge on any atom is 0.326 e. The number of nitrogens with zero attached hydrogens (tertiary/aromatic N) is 2. The van der Waals surface area contributed by atoms with E-state index >= 15 is 0 Å². The van der Waals surface area contributed by atoms with E-state index in [0.29, 0.717) is 6.42 Å². The van der Waals surface area contributed by atoms with E-state index in [9.17, 15) is 69.0 Å². The van der Waals surface area contributed by atoms with Gasteiger partial charge in [0.1, 0.15) is 36.3 Å². The molecule has 0 saturated carbocycles. The van der Waals surface area contributed by atoms with Crippen LogP contribution in [0.2, 0.25) is 0 Å². The predicted octanol–water partition coefficient (Wildman–Crippen LogP) is -5.97. The smallest absolute Gasteiger partial charge is 0.326 e. The highest BCUT2D eigenvalue weighted by Gasteiger charge is 2.41. The average molecular weight is 990 g/mol. The summed E-state index contributed by atoms with van der Waals surface area (Å²) < 4.78 is 0. The highest BCUT2D eigenvalue weighted by atomic mass is 16.4. The zero-order valence-electron chi connectivity index (χ0n) is 40.9. The number of nitrogens with one attached hydrogen (secondary N) is 6. The van der Waals surface area contributed by atoms with Crippen molar-refractivity contribution in [1.29, 1.82) is 0 Å². The number of aliphatic hydroxyl groups is 5. The molecule has 27 heteroatoms. The van der Waals surface area contributed by atoms with Gasteiger partial charge in [-0.25, -0.2) is 4.79 Å². The number of hydrogen-bond acceptors (Lipinski definition) is 15. The topological polar surface area (TPSA) is 485 Å². The molecule has 0 rings (SSSR count). The first-order valence-corrected chi connectivity index (χ1v) is 22.7. The minimum absolute atomic E-state index is 0.0178. The van der Waals surface area contributed by atoms with Crippen molar-refractivity contribution in [1.82, 2.24) is 31.9 Å². The van der Waals surface area contributed by atoms with Crippen molar-refractivity contribution < 1.29 is 69.0 Å². The third kappa shape index (κ3) is 22.4. The van der Waals surface area contributed by atoms with Crippen LogP contribution in [-0.2, 0) is 38.4 Å². The fourth-order valence-corrected chi connectivity index (χ4v) is 7.01. The summed E-state index contributed by atoms with van der Waals surface area (Å²) in [4.78, 5) is 113. The Labute approximate surface area is 402 Å². The van der Waals surface area contributed by atoms with Gasteiger partial charge in [-0.3, -0.25) is 43.5 Å². The first kappa shape index (κ1) is 63.1. The van der Waals surface area contributed by atoms with E-state index in [1.807, 2.05) is 13.8 Å². The lowest BCUT2D eigenvalue weighted by Gasteiger charge is -2.33. The molecule has 69 heavy (non-hydrogen) atoms. The van der Waals surface area contributed by atoms with Gasteiger partial charge in [0, 0.05) is 19.0 Å². The zero-order valence-corrected chi connectivity index (χ0v) is 40.9. The van der Waals surface area contributed by atoms with Crippen LogP contribution < -0.4 is 60.6 Å². The minimum atomic E-state index is -2.42. The van der Waals surface area contributed by atoms with Gasteiger partial charge in [0.25, 0.3) is 5.91 Å². The van der Waals surface area contributed by atoms with Crippen molar-refractivity contribution in [2.75, 3.05) is 13.1 Å². The monoisotopic (exact) mass is 990 g/mol. The number of aliphatic imine (C=N–C) groups is 2. The zero-order chi connectivity index (χ0) is 53.6. The Morgan fingerprint density at radius 2 is 0.957 bits per heavy atom. The second-order valence-electron chi connectivity index (χ2n) is 18.0. The molecule has 22 N–H and O–H groups in total. The number of primary amides is 1. The Balaban J connectivity index is 6.54. The number of carbonyl (C=O) groups is 8. The van der Waals surface area contributed by atoms with Gasteiger partial charge in [0.15, 0.2) is 18.0 Å². The predicted molar refractivity (Wildman–Crippen MR) is 251 cm³/mol. The quantitative estimate of drug-likeness (QED) is 0.0169. The van der Waals surface area contributed by atoms with Crippen molar-refractivity contribution in [3.63, 3.8) is 0 Å². The van der Waals surface area contributed by atoms with Crippen LogP contribution in [0.5, 0.6) is 0 Å². The molecule has 7 amide bonds. The molecular weight excluding hydrogens is 911 g/mol. The van der Waals surface area contributed by atoms with Crippen LogP contribution >= 0.6 is 0 Å². The van der Waals surface area contributed by atoms with Gasteiger partial charge in [0.2, 0.25) is 35.4 Å². The lowest BCUT2D eigenvalue weighted by molar-refractivity contribution is -0.144. The van der Waals surface area contributed by atoms with Crippen molar-refractivity contribution in [3.8, 4) is 0 Å². The molecule has 0 fully saturated rings. The van der Waals surface area contributed by atoms with E-state index in [-0.39, 0.29) is 62.5 Å². The summed E-state index contributed by atoms with van der Waals surface area (Å²) in [5, 5.41) is 77.9. The van der Waals surface area contributed by atoms with Gasteiger partial charge in [-0.05, 0) is 70.6 Å². The first-order valence-electron chi connectivity index (χ1n) is 22.7. The van der Waals surface area contributed by atoms with Crippen LogP contribution in [0.4, 0.5) is 0 Å². The molecular formula is C42H79N13O14. The number of aliphatic hydroxyl groups excluding tert-OH is 5. The van der Waals surface area contributed by atoms with Crippen molar-refractivity contribution in [2.45, 2.75) is 161 Å². The third-order valence-corrected chi connectivity index (χ3v) is 11.4.